The van der Waals surface area contributed by atoms with Crippen LogP contribution in [-0.2, 0) is 9.84 Å². The van der Waals surface area contributed by atoms with Crippen molar-refractivity contribution < 1.29 is 8.42 Å². The molecule has 0 fully saturated rings. The molecule has 2 aliphatic rings. The molecule has 0 radical (unpaired) electrons. The summed E-state index contributed by atoms with van der Waals surface area (Å²) >= 11 is 0. The van der Waals surface area contributed by atoms with Gasteiger partial charge in [0.05, 0.1) is 10.1 Å². The fourth-order valence-corrected chi connectivity index (χ4v) is 5.22. The fraction of sp³-hybridized carbons (Fsp3) is 0.125. The maximum absolute atomic E-state index is 12.6. The highest BCUT2D eigenvalue weighted by Gasteiger charge is 2.45. The molecule has 1 aliphatic heterocycles. The van der Waals surface area contributed by atoms with Crippen LogP contribution in [0.25, 0.3) is 6.08 Å². The third-order valence-corrected chi connectivity index (χ3v) is 6.17. The van der Waals surface area contributed by atoms with E-state index in [1.54, 1.807) is 12.1 Å². The zero-order valence-electron chi connectivity index (χ0n) is 10.2. The largest absolute Gasteiger partial charge is 0.223 e. The highest BCUT2D eigenvalue weighted by atomic mass is 32.2. The Balaban J connectivity index is 2.07. The Morgan fingerprint density at radius 3 is 2.37 bits per heavy atom. The van der Waals surface area contributed by atoms with Crippen LogP contribution < -0.4 is 0 Å². The van der Waals surface area contributed by atoms with E-state index in [0.717, 1.165) is 16.7 Å². The van der Waals surface area contributed by atoms with Gasteiger partial charge in [0.2, 0.25) is 0 Å². The van der Waals surface area contributed by atoms with Crippen LogP contribution in [0.15, 0.2) is 59.5 Å². The molecular weight excluding hydrogens is 256 g/mol. The molecule has 0 aromatic heterocycles. The van der Waals surface area contributed by atoms with Crippen LogP contribution in [0.4, 0.5) is 0 Å². The van der Waals surface area contributed by atoms with E-state index >= 15 is 0 Å². The normalized spacial score (nSPS) is 25.5. The quantitative estimate of drug-likeness (QED) is 0.736. The van der Waals surface area contributed by atoms with Gasteiger partial charge in [-0.25, -0.2) is 8.42 Å². The lowest BCUT2D eigenvalue weighted by Crippen LogP contribution is -2.22. The molecule has 1 heterocycles. The van der Waals surface area contributed by atoms with Gasteiger partial charge >= 0.3 is 0 Å². The molecule has 1 aliphatic carbocycles. The third-order valence-electron chi connectivity index (χ3n) is 4.04. The average molecular weight is 268 g/mol. The minimum absolute atomic E-state index is 0.0533. The Morgan fingerprint density at radius 1 is 0.842 bits per heavy atom. The van der Waals surface area contributed by atoms with Gasteiger partial charge in [-0.3, -0.25) is 0 Å². The van der Waals surface area contributed by atoms with Crippen molar-refractivity contribution in [1.82, 2.24) is 0 Å². The molecule has 2 nitrogen and oxygen atoms in total. The van der Waals surface area contributed by atoms with Crippen molar-refractivity contribution in [2.45, 2.75) is 16.1 Å². The molecule has 94 valence electrons. The van der Waals surface area contributed by atoms with E-state index < -0.39 is 15.1 Å². The zero-order chi connectivity index (χ0) is 13.0. The standard InChI is InChI=1S/C16H12O2S/c17-19(18)14-8-4-3-7-13(14)16-12-6-2-1-5-11(12)9-10-15(16)19/h1-10,15-16H. The molecule has 0 N–H and O–H groups in total. The van der Waals surface area contributed by atoms with E-state index in [1.165, 1.54) is 0 Å². The Bertz CT molecular complexity index is 803. The van der Waals surface area contributed by atoms with Crippen LogP contribution in [0.3, 0.4) is 0 Å². The van der Waals surface area contributed by atoms with E-state index in [4.69, 9.17) is 0 Å². The van der Waals surface area contributed by atoms with Gasteiger partial charge in [0.25, 0.3) is 0 Å². The van der Waals surface area contributed by atoms with Crippen molar-refractivity contribution in [3.8, 4) is 0 Å². The monoisotopic (exact) mass is 268 g/mol. The summed E-state index contributed by atoms with van der Waals surface area (Å²) in [5.74, 6) is -0.0533. The predicted molar refractivity (Wildman–Crippen MR) is 74.7 cm³/mol. The van der Waals surface area contributed by atoms with E-state index in [2.05, 4.69) is 0 Å². The Morgan fingerprint density at radius 2 is 1.53 bits per heavy atom. The molecule has 3 heteroatoms. The number of rotatable bonds is 0. The lowest BCUT2D eigenvalue weighted by atomic mass is 9.82. The molecule has 0 saturated carbocycles. The van der Waals surface area contributed by atoms with E-state index in [9.17, 15) is 8.42 Å². The van der Waals surface area contributed by atoms with Crippen LogP contribution >= 0.6 is 0 Å². The van der Waals surface area contributed by atoms with E-state index in [0.29, 0.717) is 4.90 Å². The topological polar surface area (TPSA) is 34.1 Å². The minimum Gasteiger partial charge on any atom is -0.223 e. The Hall–Kier alpha value is -1.87. The van der Waals surface area contributed by atoms with Gasteiger partial charge in [-0.15, -0.1) is 0 Å². The lowest BCUT2D eigenvalue weighted by Gasteiger charge is -2.23. The first kappa shape index (κ1) is 11.0. The first-order chi connectivity index (χ1) is 9.19. The molecule has 2 atom stereocenters. The molecule has 2 aromatic carbocycles. The summed E-state index contributed by atoms with van der Waals surface area (Å²) in [5.41, 5.74) is 3.17. The highest BCUT2D eigenvalue weighted by molar-refractivity contribution is 7.92. The summed E-state index contributed by atoms with van der Waals surface area (Å²) in [6.45, 7) is 0. The van der Waals surface area contributed by atoms with Crippen LogP contribution in [0.2, 0.25) is 0 Å². The molecule has 19 heavy (non-hydrogen) atoms. The van der Waals surface area contributed by atoms with Crippen molar-refractivity contribution >= 4 is 15.9 Å². The summed E-state index contributed by atoms with van der Waals surface area (Å²) in [5, 5.41) is -0.445. The van der Waals surface area contributed by atoms with Gasteiger partial charge in [0.15, 0.2) is 9.84 Å². The number of fused-ring (bicyclic) bond motifs is 5. The first-order valence-electron chi connectivity index (χ1n) is 6.29. The molecule has 2 unspecified atom stereocenters. The van der Waals surface area contributed by atoms with Gasteiger partial charge in [-0.1, -0.05) is 54.6 Å². The SMILES string of the molecule is O=S1(=O)c2ccccc2C2c3ccccc3C=CC21. The van der Waals surface area contributed by atoms with Gasteiger partial charge in [0.1, 0.15) is 0 Å². The smallest absolute Gasteiger partial charge is 0.186 e. The maximum Gasteiger partial charge on any atom is 0.186 e. The average Bonchev–Trinajstić information content (AvgIpc) is 2.68. The van der Waals surface area contributed by atoms with Crippen LogP contribution in [0.1, 0.15) is 22.6 Å². The summed E-state index contributed by atoms with van der Waals surface area (Å²) < 4.78 is 25.2. The van der Waals surface area contributed by atoms with Crippen LogP contribution in [-0.4, -0.2) is 13.7 Å². The number of hydrogen-bond acceptors (Lipinski definition) is 2. The van der Waals surface area contributed by atoms with Crippen molar-refractivity contribution in [3.63, 3.8) is 0 Å². The molecule has 0 amide bonds. The lowest BCUT2D eigenvalue weighted by molar-refractivity contribution is 0.591. The summed E-state index contributed by atoms with van der Waals surface area (Å²) in [6.07, 6.45) is 3.77. The van der Waals surface area contributed by atoms with E-state index in [-0.39, 0.29) is 5.92 Å². The van der Waals surface area contributed by atoms with Crippen LogP contribution in [0, 0.1) is 0 Å². The van der Waals surface area contributed by atoms with Gasteiger partial charge in [-0.05, 0) is 22.8 Å². The molecule has 4 rings (SSSR count). The minimum atomic E-state index is -3.24. The first-order valence-corrected chi connectivity index (χ1v) is 7.84. The Kier molecular flexibility index (Phi) is 2.07. The van der Waals surface area contributed by atoms with Crippen LogP contribution in [0.5, 0.6) is 0 Å². The third kappa shape index (κ3) is 1.33. The second kappa shape index (κ2) is 3.58. The summed E-state index contributed by atoms with van der Waals surface area (Å²) in [4.78, 5) is 0.492. The number of sulfone groups is 1. The van der Waals surface area contributed by atoms with E-state index in [1.807, 2.05) is 48.6 Å². The second-order valence-corrected chi connectivity index (χ2v) is 7.09. The molecule has 0 bridgehead atoms. The number of benzene rings is 2. The fourth-order valence-electron chi connectivity index (χ4n) is 3.20. The van der Waals surface area contributed by atoms with Gasteiger partial charge in [0, 0.05) is 5.92 Å². The molecule has 0 spiro atoms. The summed E-state index contributed by atoms with van der Waals surface area (Å²) in [6, 6.07) is 15.4. The van der Waals surface area contributed by atoms with Gasteiger partial charge in [-0.2, -0.15) is 0 Å². The highest BCUT2D eigenvalue weighted by Crippen LogP contribution is 2.47. The Labute approximate surface area is 112 Å². The number of hydrogen-bond donors (Lipinski definition) is 0. The van der Waals surface area contributed by atoms with Crippen molar-refractivity contribution in [3.05, 3.63) is 71.3 Å². The zero-order valence-corrected chi connectivity index (χ0v) is 11.0. The van der Waals surface area contributed by atoms with Crippen molar-refractivity contribution in [1.29, 1.82) is 0 Å². The van der Waals surface area contributed by atoms with Gasteiger partial charge < -0.3 is 0 Å². The second-order valence-electron chi connectivity index (χ2n) is 5.01. The van der Waals surface area contributed by atoms with Crippen molar-refractivity contribution in [2.75, 3.05) is 0 Å². The van der Waals surface area contributed by atoms with Crippen molar-refractivity contribution in [2.24, 2.45) is 0 Å². The molecule has 0 saturated heterocycles. The predicted octanol–water partition coefficient (Wildman–Crippen LogP) is 3.00. The maximum atomic E-state index is 12.6. The molecular formula is C16H12O2S. The summed E-state index contributed by atoms with van der Waals surface area (Å²) in [7, 11) is -3.24. The molecule has 2 aromatic rings.